The van der Waals surface area contributed by atoms with Crippen LogP contribution in [0.5, 0.6) is 5.75 Å². The molecule has 322 valence electrons. The van der Waals surface area contributed by atoms with E-state index >= 15 is 0 Å². The number of aryl methyl sites for hydroxylation is 1. The molecule has 5 amide bonds. The van der Waals surface area contributed by atoms with E-state index in [9.17, 15) is 24.3 Å². The minimum absolute atomic E-state index is 0.0356. The van der Waals surface area contributed by atoms with E-state index < -0.39 is 18.2 Å². The molecule has 3 N–H and O–H groups in total. The summed E-state index contributed by atoms with van der Waals surface area (Å²) in [5.74, 6) is 0.135. The molecule has 0 unspecified atom stereocenters. The largest absolute Gasteiger partial charge is 0.508 e. The van der Waals surface area contributed by atoms with Gasteiger partial charge in [-0.3, -0.25) is 14.4 Å². The summed E-state index contributed by atoms with van der Waals surface area (Å²) in [5.41, 5.74) is 4.29. The summed E-state index contributed by atoms with van der Waals surface area (Å²) in [5, 5.41) is 20.0. The van der Waals surface area contributed by atoms with Gasteiger partial charge < -0.3 is 39.9 Å². The molecule has 0 bridgehead atoms. The van der Waals surface area contributed by atoms with Gasteiger partial charge >= 0.3 is 6.03 Å². The quantitative estimate of drug-likeness (QED) is 0.151. The van der Waals surface area contributed by atoms with E-state index in [-0.39, 0.29) is 62.6 Å². The minimum Gasteiger partial charge on any atom is -0.508 e. The molecule has 15 nitrogen and oxygen atoms in total. The van der Waals surface area contributed by atoms with Crippen molar-refractivity contribution in [3.63, 3.8) is 0 Å². The van der Waals surface area contributed by atoms with E-state index in [1.54, 1.807) is 62.6 Å². The number of piperazine rings is 1. The van der Waals surface area contributed by atoms with Crippen LogP contribution >= 0.6 is 0 Å². The average Bonchev–Trinajstić information content (AvgIpc) is 3.62. The Morgan fingerprint density at radius 2 is 1.71 bits per heavy atom. The highest BCUT2D eigenvalue weighted by Gasteiger charge is 2.51. The van der Waals surface area contributed by atoms with Crippen molar-refractivity contribution in [2.75, 3.05) is 57.0 Å². The van der Waals surface area contributed by atoms with Crippen LogP contribution in [0.15, 0.2) is 110 Å². The van der Waals surface area contributed by atoms with Gasteiger partial charge in [0.2, 0.25) is 11.8 Å². The summed E-state index contributed by atoms with van der Waals surface area (Å²) < 4.78 is 1.90. The van der Waals surface area contributed by atoms with E-state index in [1.807, 2.05) is 72.3 Å². The number of piperidine rings is 1. The molecule has 5 heterocycles. The Morgan fingerprint density at radius 1 is 0.952 bits per heavy atom. The monoisotopic (exact) mass is 838 g/mol. The number of hydrazine groups is 1. The molecule has 3 aliphatic heterocycles. The van der Waals surface area contributed by atoms with Crippen molar-refractivity contribution in [2.24, 2.45) is 7.05 Å². The van der Waals surface area contributed by atoms with Crippen LogP contribution in [-0.4, -0.2) is 128 Å². The van der Waals surface area contributed by atoms with E-state index in [0.717, 1.165) is 59.3 Å². The molecule has 3 fully saturated rings. The predicted octanol–water partition coefficient (Wildman–Crippen LogP) is 4.80. The maximum atomic E-state index is 14.8. The van der Waals surface area contributed by atoms with Gasteiger partial charge in [0.05, 0.1) is 36.1 Å². The topological polar surface area (TPSA) is 150 Å². The molecule has 3 aromatic carbocycles. The first-order chi connectivity index (χ1) is 30.0. The Hall–Kier alpha value is -6.71. The van der Waals surface area contributed by atoms with Gasteiger partial charge in [-0.1, -0.05) is 66.7 Å². The summed E-state index contributed by atoms with van der Waals surface area (Å²) in [4.78, 5) is 69.5. The molecule has 0 saturated carbocycles. The predicted molar refractivity (Wildman–Crippen MR) is 238 cm³/mol. The summed E-state index contributed by atoms with van der Waals surface area (Å²) in [6, 6.07) is 24.9. The van der Waals surface area contributed by atoms with Crippen LogP contribution in [0.1, 0.15) is 39.9 Å². The number of aromatic hydroxyl groups is 1. The molecule has 3 saturated heterocycles. The van der Waals surface area contributed by atoms with Crippen LogP contribution in [-0.2, 0) is 36.1 Å². The summed E-state index contributed by atoms with van der Waals surface area (Å²) in [6.07, 6.45) is 6.60. The second kappa shape index (κ2) is 18.1. The fourth-order valence-electron chi connectivity index (χ4n) is 9.08. The number of nitrogens with one attached hydrogen (secondary N) is 2. The van der Waals surface area contributed by atoms with Crippen LogP contribution in [0, 0.1) is 0 Å². The number of para-hydroxylation sites is 1. The zero-order chi connectivity index (χ0) is 43.5. The maximum absolute atomic E-state index is 14.8. The molecule has 2 aromatic heterocycles. The zero-order valence-electron chi connectivity index (χ0n) is 35.5. The molecule has 8 rings (SSSR count). The fraction of sp³-hybridized carbons (Fsp3) is 0.340. The van der Waals surface area contributed by atoms with Gasteiger partial charge in [-0.15, -0.1) is 6.58 Å². The Balaban J connectivity index is 1.06. The van der Waals surface area contributed by atoms with Gasteiger partial charge in [-0.05, 0) is 67.9 Å². The average molecular weight is 839 g/mol. The fourth-order valence-corrected chi connectivity index (χ4v) is 9.08. The molecule has 3 aliphatic rings. The number of carbonyl (C=O) groups is 4. The second-order valence-corrected chi connectivity index (χ2v) is 16.5. The van der Waals surface area contributed by atoms with Crippen LogP contribution in [0.25, 0.3) is 10.9 Å². The van der Waals surface area contributed by atoms with Gasteiger partial charge in [0.1, 0.15) is 23.8 Å². The molecule has 2 atom stereocenters. The molecule has 5 aromatic rings. The highest BCUT2D eigenvalue weighted by Crippen LogP contribution is 2.32. The number of phenolic OH excluding ortho intramolecular Hbond substituents is 1. The number of phenols is 1. The second-order valence-electron chi connectivity index (χ2n) is 16.5. The first kappa shape index (κ1) is 42.0. The van der Waals surface area contributed by atoms with Crippen LogP contribution in [0.3, 0.4) is 0 Å². The van der Waals surface area contributed by atoms with Gasteiger partial charge in [-0.2, -0.15) is 0 Å². The first-order valence-electron chi connectivity index (χ1n) is 21.1. The number of rotatable bonds is 12. The standard InChI is InChI=1S/C47H54N10O5/c1-5-22-55-31-43(59)56-40(25-32-14-17-37(58)18-15-32)46(61)54(30-42(56)57(55)47(62)49-26-33-10-7-6-8-11-33)28-34-12-9-13-38-39(29-52(4)44(34)38)45(60)50-35-16-19-41(48-27-35)53-23-20-36(21-24-53)51(2)3/h5-19,27,29,36,40,42,58H,1,20-26,28,30-31H2,2-4H3,(H,49,62)(H,50,60)/t40-,42-/m0/s1. The molecular formula is C47H54N10O5. The van der Waals surface area contributed by atoms with Crippen molar-refractivity contribution >= 4 is 46.2 Å². The first-order valence-corrected chi connectivity index (χ1v) is 21.1. The van der Waals surface area contributed by atoms with Crippen molar-refractivity contribution in [1.29, 1.82) is 0 Å². The Kier molecular flexibility index (Phi) is 12.3. The number of nitrogens with zero attached hydrogens (tertiary/aromatic N) is 8. The number of carbonyl (C=O) groups excluding carboxylic acids is 4. The normalized spacial score (nSPS) is 18.6. The number of anilines is 2. The van der Waals surface area contributed by atoms with E-state index in [0.29, 0.717) is 17.3 Å². The Bertz CT molecular complexity index is 2430. The van der Waals surface area contributed by atoms with Crippen molar-refractivity contribution < 1.29 is 24.3 Å². The van der Waals surface area contributed by atoms with Crippen molar-refractivity contribution in [1.82, 2.24) is 39.6 Å². The summed E-state index contributed by atoms with van der Waals surface area (Å²) >= 11 is 0. The minimum atomic E-state index is -0.945. The number of amides is 5. The smallest absolute Gasteiger partial charge is 0.334 e. The van der Waals surface area contributed by atoms with Crippen LogP contribution in [0.4, 0.5) is 16.3 Å². The van der Waals surface area contributed by atoms with Gasteiger partial charge in [0.25, 0.3) is 5.91 Å². The highest BCUT2D eigenvalue weighted by molar-refractivity contribution is 6.13. The number of fused-ring (bicyclic) bond motifs is 2. The number of hydrogen-bond donors (Lipinski definition) is 3. The van der Waals surface area contributed by atoms with Gasteiger partial charge in [-0.25, -0.2) is 19.8 Å². The van der Waals surface area contributed by atoms with E-state index in [2.05, 4.69) is 46.1 Å². The van der Waals surface area contributed by atoms with Crippen molar-refractivity contribution in [2.45, 2.75) is 50.6 Å². The molecule has 15 heteroatoms. The SMILES string of the molecule is C=CCN1CC(=O)N2[C@@H](Cc3ccc(O)cc3)C(=O)N(Cc3cccc4c(C(=O)Nc5ccc(N6CCC(N(C)C)CC6)nc5)cn(C)c34)C[C@@H]2N1C(=O)NCc1ccccc1. The van der Waals surface area contributed by atoms with E-state index in [1.165, 1.54) is 0 Å². The molecule has 0 spiro atoms. The van der Waals surface area contributed by atoms with E-state index in [4.69, 9.17) is 0 Å². The number of hydrogen-bond acceptors (Lipinski definition) is 9. The highest BCUT2D eigenvalue weighted by atomic mass is 16.3. The summed E-state index contributed by atoms with van der Waals surface area (Å²) in [7, 11) is 6.11. The van der Waals surface area contributed by atoms with Gasteiger partial charge in [0, 0.05) is 63.8 Å². The maximum Gasteiger partial charge on any atom is 0.334 e. The number of urea groups is 1. The lowest BCUT2D eigenvalue weighted by Crippen LogP contribution is -2.76. The zero-order valence-corrected chi connectivity index (χ0v) is 35.5. The third kappa shape index (κ3) is 8.72. The van der Waals surface area contributed by atoms with Gasteiger partial charge in [0.15, 0.2) is 0 Å². The van der Waals surface area contributed by atoms with Crippen LogP contribution < -0.4 is 15.5 Å². The van der Waals surface area contributed by atoms with Crippen molar-refractivity contribution in [3.05, 3.63) is 132 Å². The lowest BCUT2D eigenvalue weighted by atomic mass is 9.98. The number of pyridine rings is 1. The van der Waals surface area contributed by atoms with Crippen molar-refractivity contribution in [3.8, 4) is 5.75 Å². The third-order valence-corrected chi connectivity index (χ3v) is 12.2. The molecular weight excluding hydrogens is 785 g/mol. The number of aromatic nitrogens is 2. The molecule has 0 aliphatic carbocycles. The lowest BCUT2D eigenvalue weighted by molar-refractivity contribution is -0.189. The Labute approximate surface area is 361 Å². The van der Waals surface area contributed by atoms with Crippen LogP contribution in [0.2, 0.25) is 0 Å². The number of benzene rings is 3. The lowest BCUT2D eigenvalue weighted by Gasteiger charge is -2.55. The third-order valence-electron chi connectivity index (χ3n) is 12.2. The molecule has 62 heavy (non-hydrogen) atoms. The molecule has 0 radical (unpaired) electrons. The Morgan fingerprint density at radius 3 is 2.40 bits per heavy atom. The summed E-state index contributed by atoms with van der Waals surface area (Å²) in [6.45, 7) is 6.30.